The van der Waals surface area contributed by atoms with Gasteiger partial charge in [0, 0.05) is 20.3 Å². The summed E-state index contributed by atoms with van der Waals surface area (Å²) in [4.78, 5) is 34.4. The normalized spacial score (nSPS) is 11.0. The minimum absolute atomic E-state index is 0.0374. The molecule has 0 amide bonds. The topological polar surface area (TPSA) is 78.9 Å². The summed E-state index contributed by atoms with van der Waals surface area (Å²) in [7, 11) is 0. The molecule has 0 aliphatic heterocycles. The predicted molar refractivity (Wildman–Crippen MR) is 94.5 cm³/mol. The SMILES string of the molecule is CCCCCCCCCCCC(=O)OC(CC)(OC(C)=O)OC(C)=O. The molecule has 0 saturated carbocycles. The molecule has 0 fully saturated rings. The van der Waals surface area contributed by atoms with Gasteiger partial charge in [-0.1, -0.05) is 65.2 Å². The number of carbonyl (C=O) groups is 3. The number of hydrogen-bond donors (Lipinski definition) is 0. The first kappa shape index (κ1) is 23.4. The highest BCUT2D eigenvalue weighted by Crippen LogP contribution is 2.22. The molecule has 25 heavy (non-hydrogen) atoms. The molecule has 0 aliphatic rings. The average Bonchev–Trinajstić information content (AvgIpc) is 2.51. The zero-order valence-electron chi connectivity index (χ0n) is 16.2. The van der Waals surface area contributed by atoms with Gasteiger partial charge in [-0.3, -0.25) is 14.4 Å². The maximum absolute atomic E-state index is 12.0. The van der Waals surface area contributed by atoms with E-state index >= 15 is 0 Å². The second kappa shape index (κ2) is 13.7. The number of rotatable bonds is 14. The van der Waals surface area contributed by atoms with Gasteiger partial charge in [-0.25, -0.2) is 0 Å². The van der Waals surface area contributed by atoms with Gasteiger partial charge in [0.2, 0.25) is 0 Å². The molecule has 6 nitrogen and oxygen atoms in total. The first-order chi connectivity index (χ1) is 11.8. The molecule has 0 unspecified atom stereocenters. The Morgan fingerprint density at radius 3 is 1.52 bits per heavy atom. The van der Waals surface area contributed by atoms with Gasteiger partial charge in [0.25, 0.3) is 0 Å². The quantitative estimate of drug-likeness (QED) is 0.256. The predicted octanol–water partition coefficient (Wildman–Crippen LogP) is 4.64. The second-order valence-corrected chi connectivity index (χ2v) is 6.28. The standard InChI is InChI=1S/C19H34O6/c1-5-7-8-9-10-11-12-13-14-15-18(22)25-19(6-2,23-16(3)20)24-17(4)21/h5-15H2,1-4H3. The Morgan fingerprint density at radius 2 is 1.12 bits per heavy atom. The Hall–Kier alpha value is -1.59. The number of esters is 3. The van der Waals surface area contributed by atoms with Gasteiger partial charge in [-0.05, 0) is 6.42 Å². The Bertz CT molecular complexity index is 389. The summed E-state index contributed by atoms with van der Waals surface area (Å²) in [6.45, 7) is 6.15. The van der Waals surface area contributed by atoms with Crippen molar-refractivity contribution in [1.29, 1.82) is 0 Å². The third-order valence-corrected chi connectivity index (χ3v) is 3.79. The van der Waals surface area contributed by atoms with Crippen LogP contribution in [0.5, 0.6) is 0 Å². The first-order valence-corrected chi connectivity index (χ1v) is 9.46. The number of ether oxygens (including phenoxy) is 3. The van der Waals surface area contributed by atoms with Crippen molar-refractivity contribution in [1.82, 2.24) is 0 Å². The van der Waals surface area contributed by atoms with Gasteiger partial charge in [0.1, 0.15) is 0 Å². The molecule has 0 radical (unpaired) electrons. The number of carbonyl (C=O) groups excluding carboxylic acids is 3. The van der Waals surface area contributed by atoms with E-state index in [0.717, 1.165) is 12.8 Å². The van der Waals surface area contributed by atoms with Gasteiger partial charge in [-0.2, -0.15) is 0 Å². The zero-order valence-corrected chi connectivity index (χ0v) is 16.2. The van der Waals surface area contributed by atoms with E-state index < -0.39 is 23.9 Å². The van der Waals surface area contributed by atoms with E-state index in [1.807, 2.05) is 0 Å². The summed E-state index contributed by atoms with van der Waals surface area (Å²) in [5.74, 6) is -3.85. The van der Waals surface area contributed by atoms with Crippen LogP contribution < -0.4 is 0 Å². The lowest BCUT2D eigenvalue weighted by Crippen LogP contribution is -2.43. The van der Waals surface area contributed by atoms with Crippen molar-refractivity contribution in [3.63, 3.8) is 0 Å². The molecule has 0 aromatic heterocycles. The molecule has 0 aromatic rings. The Labute approximate surface area is 151 Å². The third kappa shape index (κ3) is 12.4. The second-order valence-electron chi connectivity index (χ2n) is 6.28. The maximum Gasteiger partial charge on any atom is 0.423 e. The molecule has 0 aromatic carbocycles. The molecule has 146 valence electrons. The molecule has 0 spiro atoms. The van der Waals surface area contributed by atoms with E-state index in [9.17, 15) is 14.4 Å². The smallest absolute Gasteiger partial charge is 0.388 e. The van der Waals surface area contributed by atoms with Crippen LogP contribution in [-0.2, 0) is 28.6 Å². The molecule has 0 saturated heterocycles. The molecule has 0 N–H and O–H groups in total. The van der Waals surface area contributed by atoms with Crippen molar-refractivity contribution < 1.29 is 28.6 Å². The molecule has 0 atom stereocenters. The fraction of sp³-hybridized carbons (Fsp3) is 0.842. The lowest BCUT2D eigenvalue weighted by atomic mass is 10.1. The highest BCUT2D eigenvalue weighted by molar-refractivity contribution is 5.72. The van der Waals surface area contributed by atoms with Crippen molar-refractivity contribution >= 4 is 17.9 Å². The highest BCUT2D eigenvalue weighted by atomic mass is 16.9. The van der Waals surface area contributed by atoms with Crippen molar-refractivity contribution in [2.24, 2.45) is 0 Å². The molecular formula is C19H34O6. The number of unbranched alkanes of at least 4 members (excludes halogenated alkanes) is 8. The first-order valence-electron chi connectivity index (χ1n) is 9.46. The van der Waals surface area contributed by atoms with E-state index in [2.05, 4.69) is 6.92 Å². The molecule has 0 aliphatic carbocycles. The van der Waals surface area contributed by atoms with Crippen molar-refractivity contribution in [3.8, 4) is 0 Å². The zero-order chi connectivity index (χ0) is 19.1. The lowest BCUT2D eigenvalue weighted by Gasteiger charge is -2.29. The van der Waals surface area contributed by atoms with Crippen LogP contribution in [0.2, 0.25) is 0 Å². The Morgan fingerprint density at radius 1 is 0.680 bits per heavy atom. The largest absolute Gasteiger partial charge is 0.423 e. The summed E-state index contributed by atoms with van der Waals surface area (Å²) >= 11 is 0. The maximum atomic E-state index is 12.0. The average molecular weight is 358 g/mol. The number of hydrogen-bond acceptors (Lipinski definition) is 6. The summed E-state index contributed by atoms with van der Waals surface area (Å²) in [6, 6.07) is 0. The van der Waals surface area contributed by atoms with Crippen LogP contribution in [0.3, 0.4) is 0 Å². The molecular weight excluding hydrogens is 324 g/mol. The van der Waals surface area contributed by atoms with Crippen LogP contribution in [0.15, 0.2) is 0 Å². The summed E-state index contributed by atoms with van der Waals surface area (Å²) in [5.41, 5.74) is 0. The van der Waals surface area contributed by atoms with Crippen molar-refractivity contribution in [2.75, 3.05) is 0 Å². The summed E-state index contributed by atoms with van der Waals surface area (Å²) in [6.07, 6.45) is 10.5. The van der Waals surface area contributed by atoms with Gasteiger partial charge in [0.05, 0.1) is 6.42 Å². The van der Waals surface area contributed by atoms with Crippen molar-refractivity contribution in [2.45, 2.75) is 104 Å². The van der Waals surface area contributed by atoms with Gasteiger partial charge >= 0.3 is 23.9 Å². The fourth-order valence-corrected chi connectivity index (χ4v) is 2.52. The molecule has 0 bridgehead atoms. The molecule has 0 rings (SSSR count). The summed E-state index contributed by atoms with van der Waals surface area (Å²) in [5, 5.41) is 0. The fourth-order valence-electron chi connectivity index (χ4n) is 2.52. The van der Waals surface area contributed by atoms with E-state index in [1.54, 1.807) is 6.92 Å². The van der Waals surface area contributed by atoms with Gasteiger partial charge < -0.3 is 14.2 Å². The van der Waals surface area contributed by atoms with Gasteiger partial charge in [-0.15, -0.1) is 0 Å². The van der Waals surface area contributed by atoms with E-state index in [0.29, 0.717) is 6.42 Å². The minimum atomic E-state index is -1.95. The van der Waals surface area contributed by atoms with E-state index in [1.165, 1.54) is 52.4 Å². The molecule has 6 heteroatoms. The minimum Gasteiger partial charge on any atom is -0.388 e. The van der Waals surface area contributed by atoms with E-state index in [4.69, 9.17) is 14.2 Å². The van der Waals surface area contributed by atoms with Gasteiger partial charge in [0.15, 0.2) is 0 Å². The Balaban J connectivity index is 4.10. The highest BCUT2D eigenvalue weighted by Gasteiger charge is 2.40. The van der Waals surface area contributed by atoms with E-state index in [-0.39, 0.29) is 12.8 Å². The third-order valence-electron chi connectivity index (χ3n) is 3.79. The van der Waals surface area contributed by atoms with Crippen LogP contribution in [-0.4, -0.2) is 23.9 Å². The lowest BCUT2D eigenvalue weighted by molar-refractivity contribution is -0.329. The summed E-state index contributed by atoms with van der Waals surface area (Å²) < 4.78 is 15.0. The monoisotopic (exact) mass is 358 g/mol. The molecule has 0 heterocycles. The van der Waals surface area contributed by atoms with Crippen LogP contribution in [0.25, 0.3) is 0 Å². The van der Waals surface area contributed by atoms with Crippen LogP contribution in [0.4, 0.5) is 0 Å². The van der Waals surface area contributed by atoms with Crippen LogP contribution >= 0.6 is 0 Å². The van der Waals surface area contributed by atoms with Crippen molar-refractivity contribution in [3.05, 3.63) is 0 Å². The van der Waals surface area contributed by atoms with Crippen LogP contribution in [0, 0.1) is 0 Å². The Kier molecular flexibility index (Phi) is 12.8. The van der Waals surface area contributed by atoms with Crippen LogP contribution in [0.1, 0.15) is 98.3 Å².